The number of benzene rings is 1. The molecule has 1 aromatic rings. The van der Waals surface area contributed by atoms with Gasteiger partial charge in [0.25, 0.3) is 0 Å². The Morgan fingerprint density at radius 1 is 1.50 bits per heavy atom. The number of amidine groups is 1. The highest BCUT2D eigenvalue weighted by Gasteiger charge is 2.08. The molecule has 1 rings (SSSR count). The van der Waals surface area contributed by atoms with Crippen LogP contribution in [-0.2, 0) is 5.75 Å². The minimum absolute atomic E-state index is 0.0307. The number of nitrogens with one attached hydrogen (secondary N) is 1. The van der Waals surface area contributed by atoms with Gasteiger partial charge in [-0.3, -0.25) is 5.41 Å². The van der Waals surface area contributed by atoms with E-state index in [0.29, 0.717) is 11.3 Å². The summed E-state index contributed by atoms with van der Waals surface area (Å²) in [5, 5.41) is 7.27. The van der Waals surface area contributed by atoms with Gasteiger partial charge in [0.2, 0.25) is 0 Å². The Kier molecular flexibility index (Phi) is 4.04. The maximum absolute atomic E-state index is 13.1. The second-order valence-corrected chi connectivity index (χ2v) is 4.35. The zero-order valence-corrected chi connectivity index (χ0v) is 9.31. The first-order valence-corrected chi connectivity index (χ1v) is 5.35. The van der Waals surface area contributed by atoms with Crippen LogP contribution >= 0.6 is 35.0 Å². The van der Waals surface area contributed by atoms with Crippen LogP contribution in [-0.4, -0.2) is 5.17 Å². The second-order valence-electron chi connectivity index (χ2n) is 2.51. The van der Waals surface area contributed by atoms with Crippen LogP contribution in [0.15, 0.2) is 12.1 Å². The van der Waals surface area contributed by atoms with E-state index in [4.69, 9.17) is 34.3 Å². The Hall–Kier alpha value is -0.450. The van der Waals surface area contributed by atoms with E-state index in [1.807, 2.05) is 0 Å². The summed E-state index contributed by atoms with van der Waals surface area (Å²) in [6.45, 7) is 0. The van der Waals surface area contributed by atoms with E-state index >= 15 is 0 Å². The van der Waals surface area contributed by atoms with Crippen molar-refractivity contribution in [2.45, 2.75) is 5.75 Å². The van der Waals surface area contributed by atoms with Gasteiger partial charge in [0.15, 0.2) is 5.17 Å². The summed E-state index contributed by atoms with van der Waals surface area (Å²) in [6.07, 6.45) is 0. The van der Waals surface area contributed by atoms with Gasteiger partial charge in [-0.2, -0.15) is 0 Å². The highest BCUT2D eigenvalue weighted by Crippen LogP contribution is 2.27. The third-order valence-electron chi connectivity index (χ3n) is 1.45. The Balaban J connectivity index is 2.90. The minimum atomic E-state index is -0.557. The fourth-order valence-corrected chi connectivity index (χ4v) is 1.89. The lowest BCUT2D eigenvalue weighted by Gasteiger charge is -2.04. The van der Waals surface area contributed by atoms with E-state index in [0.717, 1.165) is 17.8 Å². The molecule has 76 valence electrons. The lowest BCUT2D eigenvalue weighted by molar-refractivity contribution is 0.627. The van der Waals surface area contributed by atoms with Crippen LogP contribution in [0.3, 0.4) is 0 Å². The molecule has 0 fully saturated rings. The number of rotatable bonds is 2. The number of nitrogens with two attached hydrogens (primary N) is 1. The van der Waals surface area contributed by atoms with Crippen LogP contribution in [0.25, 0.3) is 0 Å². The van der Waals surface area contributed by atoms with Gasteiger partial charge in [0, 0.05) is 10.8 Å². The van der Waals surface area contributed by atoms with Gasteiger partial charge in [-0.1, -0.05) is 35.0 Å². The predicted octanol–water partition coefficient (Wildman–Crippen LogP) is 3.26. The van der Waals surface area contributed by atoms with Crippen molar-refractivity contribution >= 4 is 40.1 Å². The van der Waals surface area contributed by atoms with Crippen LogP contribution in [0.4, 0.5) is 4.39 Å². The number of thioether (sulfide) groups is 1. The quantitative estimate of drug-likeness (QED) is 0.483. The van der Waals surface area contributed by atoms with Gasteiger partial charge in [-0.05, 0) is 17.7 Å². The van der Waals surface area contributed by atoms with Gasteiger partial charge in [-0.15, -0.1) is 0 Å². The van der Waals surface area contributed by atoms with Gasteiger partial charge in [0.1, 0.15) is 5.82 Å². The minimum Gasteiger partial charge on any atom is -0.379 e. The van der Waals surface area contributed by atoms with Crippen molar-refractivity contribution in [1.82, 2.24) is 0 Å². The van der Waals surface area contributed by atoms with Crippen LogP contribution in [0.1, 0.15) is 5.56 Å². The predicted molar refractivity (Wildman–Crippen MR) is 59.6 cm³/mol. The molecule has 0 saturated carbocycles. The van der Waals surface area contributed by atoms with Crippen molar-refractivity contribution < 1.29 is 4.39 Å². The van der Waals surface area contributed by atoms with E-state index in [1.54, 1.807) is 6.07 Å². The summed E-state index contributed by atoms with van der Waals surface area (Å²) in [5.41, 5.74) is 5.68. The topological polar surface area (TPSA) is 49.9 Å². The monoisotopic (exact) mass is 252 g/mol. The molecule has 0 aliphatic carbocycles. The maximum atomic E-state index is 13.1. The zero-order chi connectivity index (χ0) is 10.7. The summed E-state index contributed by atoms with van der Waals surface area (Å²) in [6, 6.07) is 2.70. The third-order valence-corrected chi connectivity index (χ3v) is 2.86. The molecule has 0 atom stereocenters. The Morgan fingerprint density at radius 2 is 2.14 bits per heavy atom. The van der Waals surface area contributed by atoms with E-state index in [9.17, 15) is 4.39 Å². The van der Waals surface area contributed by atoms with Gasteiger partial charge in [-0.25, -0.2) is 4.39 Å². The largest absolute Gasteiger partial charge is 0.379 e. The number of halogens is 3. The highest BCUT2D eigenvalue weighted by molar-refractivity contribution is 8.13. The Bertz CT molecular complexity index is 371. The first-order chi connectivity index (χ1) is 6.50. The standard InChI is InChI=1S/C8H7Cl2FN2S/c9-5-1-4(3-14-8(12)13)7(10)6(11)2-5/h1-2H,3H2,(H3,12,13). The van der Waals surface area contributed by atoms with E-state index < -0.39 is 5.82 Å². The molecule has 14 heavy (non-hydrogen) atoms. The lowest BCUT2D eigenvalue weighted by atomic mass is 10.2. The van der Waals surface area contributed by atoms with Crippen molar-refractivity contribution in [3.05, 3.63) is 33.6 Å². The van der Waals surface area contributed by atoms with Crippen molar-refractivity contribution in [1.29, 1.82) is 5.41 Å². The van der Waals surface area contributed by atoms with E-state index in [2.05, 4.69) is 0 Å². The summed E-state index contributed by atoms with van der Waals surface area (Å²) in [7, 11) is 0. The van der Waals surface area contributed by atoms with Gasteiger partial charge < -0.3 is 5.73 Å². The highest BCUT2D eigenvalue weighted by atomic mass is 35.5. The normalized spacial score (nSPS) is 10.2. The average molecular weight is 253 g/mol. The molecule has 1 aromatic carbocycles. The van der Waals surface area contributed by atoms with Crippen molar-refractivity contribution in [2.75, 3.05) is 0 Å². The van der Waals surface area contributed by atoms with Crippen LogP contribution in [0, 0.1) is 11.2 Å². The third kappa shape index (κ3) is 3.04. The summed E-state index contributed by atoms with van der Waals surface area (Å²) in [4.78, 5) is 0. The molecule has 0 aromatic heterocycles. The summed E-state index contributed by atoms with van der Waals surface area (Å²) < 4.78 is 13.1. The molecule has 0 radical (unpaired) electrons. The van der Waals surface area contributed by atoms with Crippen molar-refractivity contribution in [3.63, 3.8) is 0 Å². The second kappa shape index (κ2) is 4.87. The van der Waals surface area contributed by atoms with Crippen molar-refractivity contribution in [3.8, 4) is 0 Å². The molecule has 0 aliphatic heterocycles. The average Bonchev–Trinajstić information content (AvgIpc) is 2.08. The molecular formula is C8H7Cl2FN2S. The molecule has 0 unspecified atom stereocenters. The van der Waals surface area contributed by atoms with Crippen LogP contribution in [0.2, 0.25) is 10.0 Å². The molecule has 2 nitrogen and oxygen atoms in total. The number of hydrogen-bond acceptors (Lipinski definition) is 2. The molecule has 0 saturated heterocycles. The number of hydrogen-bond donors (Lipinski definition) is 2. The molecule has 0 bridgehead atoms. The smallest absolute Gasteiger partial charge is 0.151 e. The van der Waals surface area contributed by atoms with E-state index in [-0.39, 0.29) is 15.2 Å². The first kappa shape index (κ1) is 11.6. The molecule has 3 N–H and O–H groups in total. The molecule has 0 heterocycles. The Morgan fingerprint density at radius 3 is 2.71 bits per heavy atom. The fourth-order valence-electron chi connectivity index (χ4n) is 0.870. The molecule has 6 heteroatoms. The Labute approximate surface area is 95.1 Å². The maximum Gasteiger partial charge on any atom is 0.151 e. The molecular weight excluding hydrogens is 246 g/mol. The van der Waals surface area contributed by atoms with Gasteiger partial charge in [0.05, 0.1) is 5.02 Å². The SMILES string of the molecule is N=C(N)SCc1cc(Cl)cc(F)c1Cl. The zero-order valence-electron chi connectivity index (χ0n) is 6.98. The van der Waals surface area contributed by atoms with Crippen LogP contribution in [0.5, 0.6) is 0 Å². The van der Waals surface area contributed by atoms with E-state index in [1.165, 1.54) is 0 Å². The lowest BCUT2D eigenvalue weighted by Crippen LogP contribution is -2.04. The van der Waals surface area contributed by atoms with Crippen molar-refractivity contribution in [2.24, 2.45) is 5.73 Å². The molecule has 0 amide bonds. The van der Waals surface area contributed by atoms with Crippen LogP contribution < -0.4 is 5.73 Å². The molecule has 0 aliphatic rings. The van der Waals surface area contributed by atoms with Gasteiger partial charge >= 0.3 is 0 Å². The summed E-state index contributed by atoms with van der Waals surface area (Å²) in [5.74, 6) is -0.218. The molecule has 0 spiro atoms. The summed E-state index contributed by atoms with van der Waals surface area (Å²) >= 11 is 12.4. The fraction of sp³-hybridized carbons (Fsp3) is 0.125. The first-order valence-electron chi connectivity index (χ1n) is 3.61.